The highest BCUT2D eigenvalue weighted by Crippen LogP contribution is 2.26. The topological polar surface area (TPSA) is 50.9 Å². The minimum atomic E-state index is -0.360. The summed E-state index contributed by atoms with van der Waals surface area (Å²) in [6.07, 6.45) is 2.95. The molecule has 17 heavy (non-hydrogen) atoms. The summed E-state index contributed by atoms with van der Waals surface area (Å²) in [5.74, 6) is 0.849. The Balaban J connectivity index is 2.23. The minimum absolute atomic E-state index is 0.360. The molecule has 2 aromatic heterocycles. The second-order valence-corrected chi connectivity index (χ2v) is 5.12. The maximum absolute atomic E-state index is 9.67. The first-order valence-corrected chi connectivity index (χ1v) is 6.71. The van der Waals surface area contributed by atoms with Gasteiger partial charge in [0.1, 0.15) is 6.33 Å². The van der Waals surface area contributed by atoms with Crippen LogP contribution in [0.3, 0.4) is 0 Å². The van der Waals surface area contributed by atoms with Crippen LogP contribution in [0.2, 0.25) is 0 Å². The fraction of sp³-hybridized carbons (Fsp3) is 0.500. The van der Waals surface area contributed by atoms with Crippen LogP contribution in [-0.4, -0.2) is 26.0 Å². The normalized spacial score (nSPS) is 12.9. The van der Waals surface area contributed by atoms with E-state index in [2.05, 4.69) is 29.1 Å². The highest BCUT2D eigenvalue weighted by atomic mass is 32.1. The Bertz CT molecular complexity index is 478. The Morgan fingerprint density at radius 2 is 2.24 bits per heavy atom. The fourth-order valence-corrected chi connectivity index (χ4v) is 2.55. The van der Waals surface area contributed by atoms with Crippen molar-refractivity contribution in [3.8, 4) is 10.7 Å². The molecular formula is C12H17N3OS. The Labute approximate surface area is 105 Å². The second kappa shape index (κ2) is 5.42. The van der Waals surface area contributed by atoms with Gasteiger partial charge < -0.3 is 5.11 Å². The summed E-state index contributed by atoms with van der Waals surface area (Å²) < 4.78 is 1.78. The lowest BCUT2D eigenvalue weighted by Crippen LogP contribution is -2.16. The molecular weight excluding hydrogens is 234 g/mol. The van der Waals surface area contributed by atoms with Crippen molar-refractivity contribution in [3.63, 3.8) is 0 Å². The number of hydrogen-bond acceptors (Lipinski definition) is 4. The van der Waals surface area contributed by atoms with E-state index in [0.717, 1.165) is 23.5 Å². The molecule has 0 aromatic carbocycles. The number of aliphatic hydroxyl groups is 1. The van der Waals surface area contributed by atoms with Gasteiger partial charge in [-0.3, -0.25) is 0 Å². The molecule has 1 N–H and O–H groups in total. The van der Waals surface area contributed by atoms with E-state index >= 15 is 0 Å². The molecule has 0 amide bonds. The number of nitrogens with zero attached hydrogens (tertiary/aromatic N) is 3. The quantitative estimate of drug-likeness (QED) is 0.887. The monoisotopic (exact) mass is 251 g/mol. The summed E-state index contributed by atoms with van der Waals surface area (Å²) in [5, 5.41) is 13.8. The van der Waals surface area contributed by atoms with E-state index in [1.54, 1.807) is 22.3 Å². The largest absolute Gasteiger partial charge is 0.391 e. The van der Waals surface area contributed by atoms with Crippen molar-refractivity contribution in [2.45, 2.75) is 39.3 Å². The predicted molar refractivity (Wildman–Crippen MR) is 69.0 cm³/mol. The van der Waals surface area contributed by atoms with Crippen molar-refractivity contribution in [1.29, 1.82) is 0 Å². The zero-order chi connectivity index (χ0) is 12.3. The standard InChI is InChI=1S/C12H17N3OS/c1-3-9(16)7-15-12(13-8-14-15)11-6-5-10(4-2)17-11/h5-6,8-9,16H,3-4,7H2,1-2H3/t9-/m1/s1. The summed E-state index contributed by atoms with van der Waals surface area (Å²) in [6, 6.07) is 4.19. The van der Waals surface area contributed by atoms with E-state index in [0.29, 0.717) is 6.54 Å². The zero-order valence-electron chi connectivity index (χ0n) is 10.1. The average molecular weight is 251 g/mol. The molecule has 2 rings (SSSR count). The molecule has 4 nitrogen and oxygen atoms in total. The minimum Gasteiger partial charge on any atom is -0.391 e. The van der Waals surface area contributed by atoms with E-state index in [-0.39, 0.29) is 6.10 Å². The first-order chi connectivity index (χ1) is 8.24. The van der Waals surface area contributed by atoms with Gasteiger partial charge in [-0.1, -0.05) is 13.8 Å². The molecule has 0 aliphatic carbocycles. The van der Waals surface area contributed by atoms with Crippen LogP contribution < -0.4 is 0 Å². The maximum atomic E-state index is 9.67. The third kappa shape index (κ3) is 2.73. The van der Waals surface area contributed by atoms with Crippen molar-refractivity contribution in [2.24, 2.45) is 0 Å². The third-order valence-corrected chi connectivity index (χ3v) is 3.93. The Morgan fingerprint density at radius 3 is 2.88 bits per heavy atom. The van der Waals surface area contributed by atoms with Crippen molar-refractivity contribution in [1.82, 2.24) is 14.8 Å². The molecule has 0 unspecified atom stereocenters. The fourth-order valence-electron chi connectivity index (χ4n) is 1.61. The lowest BCUT2D eigenvalue weighted by Gasteiger charge is -2.09. The van der Waals surface area contributed by atoms with Crippen LogP contribution in [0, 0.1) is 0 Å². The van der Waals surface area contributed by atoms with Crippen LogP contribution in [0.4, 0.5) is 0 Å². The van der Waals surface area contributed by atoms with Gasteiger partial charge in [-0.05, 0) is 25.0 Å². The van der Waals surface area contributed by atoms with Gasteiger partial charge in [-0.25, -0.2) is 9.67 Å². The highest BCUT2D eigenvalue weighted by molar-refractivity contribution is 7.15. The first-order valence-electron chi connectivity index (χ1n) is 5.89. The van der Waals surface area contributed by atoms with Crippen molar-refractivity contribution in [2.75, 3.05) is 0 Å². The van der Waals surface area contributed by atoms with Crippen molar-refractivity contribution >= 4 is 11.3 Å². The van der Waals surface area contributed by atoms with Crippen molar-refractivity contribution in [3.05, 3.63) is 23.3 Å². The van der Waals surface area contributed by atoms with E-state index in [4.69, 9.17) is 0 Å². The van der Waals surface area contributed by atoms with Gasteiger partial charge in [0, 0.05) is 4.88 Å². The zero-order valence-corrected chi connectivity index (χ0v) is 10.9. The molecule has 0 aliphatic heterocycles. The summed E-state index contributed by atoms with van der Waals surface area (Å²) in [4.78, 5) is 6.72. The molecule has 1 atom stereocenters. The predicted octanol–water partition coefficient (Wildman–Crippen LogP) is 2.34. The molecule has 0 aliphatic rings. The van der Waals surface area contributed by atoms with Crippen LogP contribution in [0.15, 0.2) is 18.5 Å². The molecule has 0 saturated heterocycles. The number of aromatic nitrogens is 3. The molecule has 5 heteroatoms. The molecule has 2 aromatic rings. The molecule has 92 valence electrons. The number of aliphatic hydroxyl groups excluding tert-OH is 1. The number of aryl methyl sites for hydroxylation is 1. The summed E-state index contributed by atoms with van der Waals surface area (Å²) in [5.41, 5.74) is 0. The van der Waals surface area contributed by atoms with Gasteiger partial charge in [0.2, 0.25) is 0 Å². The Kier molecular flexibility index (Phi) is 3.91. The van der Waals surface area contributed by atoms with Crippen molar-refractivity contribution < 1.29 is 5.11 Å². The lowest BCUT2D eigenvalue weighted by molar-refractivity contribution is 0.146. The number of thiophene rings is 1. The molecule has 0 spiro atoms. The SMILES string of the molecule is CCc1ccc(-c2ncnn2C[C@H](O)CC)s1. The molecule has 2 heterocycles. The van der Waals surface area contributed by atoms with E-state index in [1.807, 2.05) is 6.92 Å². The molecule has 0 bridgehead atoms. The lowest BCUT2D eigenvalue weighted by atomic mass is 10.3. The van der Waals surface area contributed by atoms with Gasteiger partial charge in [-0.15, -0.1) is 11.3 Å². The van der Waals surface area contributed by atoms with Gasteiger partial charge in [-0.2, -0.15) is 5.10 Å². The van der Waals surface area contributed by atoms with E-state index in [9.17, 15) is 5.11 Å². The molecule has 0 saturated carbocycles. The summed E-state index contributed by atoms with van der Waals surface area (Å²) >= 11 is 1.73. The third-order valence-electron chi connectivity index (χ3n) is 2.70. The average Bonchev–Trinajstić information content (AvgIpc) is 2.96. The van der Waals surface area contributed by atoms with E-state index in [1.165, 1.54) is 4.88 Å². The van der Waals surface area contributed by atoms with Crippen LogP contribution >= 0.6 is 11.3 Å². The first kappa shape index (κ1) is 12.3. The van der Waals surface area contributed by atoms with Crippen LogP contribution in [0.5, 0.6) is 0 Å². The van der Waals surface area contributed by atoms with Crippen LogP contribution in [-0.2, 0) is 13.0 Å². The highest BCUT2D eigenvalue weighted by Gasteiger charge is 2.12. The van der Waals surface area contributed by atoms with Gasteiger partial charge in [0.15, 0.2) is 5.82 Å². The summed E-state index contributed by atoms with van der Waals surface area (Å²) in [7, 11) is 0. The van der Waals surface area contributed by atoms with Gasteiger partial charge in [0.05, 0.1) is 17.5 Å². The second-order valence-electron chi connectivity index (χ2n) is 3.95. The molecule has 0 fully saturated rings. The van der Waals surface area contributed by atoms with E-state index < -0.39 is 0 Å². The number of rotatable bonds is 5. The van der Waals surface area contributed by atoms with Crippen LogP contribution in [0.1, 0.15) is 25.1 Å². The molecule has 0 radical (unpaired) electrons. The smallest absolute Gasteiger partial charge is 0.168 e. The maximum Gasteiger partial charge on any atom is 0.168 e. The van der Waals surface area contributed by atoms with Crippen LogP contribution in [0.25, 0.3) is 10.7 Å². The summed E-state index contributed by atoms with van der Waals surface area (Å²) in [6.45, 7) is 4.61. The van der Waals surface area contributed by atoms with Gasteiger partial charge >= 0.3 is 0 Å². The Hall–Kier alpha value is -1.20. The number of hydrogen-bond donors (Lipinski definition) is 1. The van der Waals surface area contributed by atoms with Gasteiger partial charge in [0.25, 0.3) is 0 Å². The Morgan fingerprint density at radius 1 is 1.41 bits per heavy atom.